The van der Waals surface area contributed by atoms with Gasteiger partial charge in [0.2, 0.25) is 0 Å². The smallest absolute Gasteiger partial charge is 0.433 e. The average Bonchev–Trinajstić information content (AvgIpc) is 3.12. The maximum Gasteiger partial charge on any atom is 0.433 e. The van der Waals surface area contributed by atoms with Crippen LogP contribution in [0.3, 0.4) is 0 Å². The van der Waals surface area contributed by atoms with Crippen molar-refractivity contribution in [2.45, 2.75) is 6.61 Å². The molecule has 2 aromatic carbocycles. The Morgan fingerprint density at radius 2 is 1.92 bits per heavy atom. The Morgan fingerprint density at radius 1 is 1.15 bits per heavy atom. The number of hydrogen-bond donors (Lipinski definition) is 1. The summed E-state index contributed by atoms with van der Waals surface area (Å²) in [6, 6.07) is 14.9. The molecule has 0 spiro atoms. The zero-order chi connectivity index (χ0) is 18.5. The minimum atomic E-state index is -0.722. The summed E-state index contributed by atoms with van der Waals surface area (Å²) in [6.45, 7) is 0.238. The molecule has 0 aliphatic rings. The number of ether oxygens (including phenoxy) is 1. The van der Waals surface area contributed by atoms with Crippen molar-refractivity contribution in [2.75, 3.05) is 5.32 Å². The summed E-state index contributed by atoms with van der Waals surface area (Å²) in [7, 11) is 0. The SMILES string of the molecule is O=C(Nc1cccc(OCc2ccc(F)cc2)c1)c1ccc([N+](=O)[O-])o1. The Kier molecular flexibility index (Phi) is 4.93. The maximum atomic E-state index is 12.9. The third-order valence-corrected chi connectivity index (χ3v) is 3.41. The molecule has 0 aliphatic heterocycles. The molecule has 0 aliphatic carbocycles. The van der Waals surface area contributed by atoms with Crippen LogP contribution >= 0.6 is 0 Å². The van der Waals surface area contributed by atoms with Crippen LogP contribution in [0.2, 0.25) is 0 Å². The molecule has 8 heteroatoms. The Hall–Kier alpha value is -3.68. The highest BCUT2D eigenvalue weighted by Crippen LogP contribution is 2.21. The molecule has 0 bridgehead atoms. The van der Waals surface area contributed by atoms with Crippen LogP contribution in [0.5, 0.6) is 5.75 Å². The van der Waals surface area contributed by atoms with Crippen molar-refractivity contribution in [1.29, 1.82) is 0 Å². The van der Waals surface area contributed by atoms with Gasteiger partial charge < -0.3 is 14.5 Å². The van der Waals surface area contributed by atoms with Gasteiger partial charge in [0.1, 0.15) is 23.1 Å². The zero-order valence-corrected chi connectivity index (χ0v) is 13.3. The molecule has 1 amide bonds. The number of carbonyl (C=O) groups is 1. The van der Waals surface area contributed by atoms with Gasteiger partial charge in [0.05, 0.1) is 6.07 Å². The van der Waals surface area contributed by atoms with Gasteiger partial charge in [0.25, 0.3) is 5.91 Å². The van der Waals surface area contributed by atoms with Crippen LogP contribution in [0.15, 0.2) is 65.1 Å². The zero-order valence-electron chi connectivity index (χ0n) is 13.3. The van der Waals surface area contributed by atoms with Crippen molar-refractivity contribution in [3.63, 3.8) is 0 Å². The summed E-state index contributed by atoms with van der Waals surface area (Å²) in [5.41, 5.74) is 1.23. The van der Waals surface area contributed by atoms with E-state index in [1.807, 2.05) is 0 Å². The average molecular weight is 356 g/mol. The fourth-order valence-corrected chi connectivity index (χ4v) is 2.15. The molecule has 132 valence electrons. The normalized spacial score (nSPS) is 10.3. The molecule has 0 unspecified atom stereocenters. The molecule has 3 rings (SSSR count). The molecule has 0 saturated carbocycles. The summed E-state index contributed by atoms with van der Waals surface area (Å²) in [6.07, 6.45) is 0. The molecule has 1 aromatic heterocycles. The lowest BCUT2D eigenvalue weighted by atomic mass is 10.2. The number of furan rings is 1. The van der Waals surface area contributed by atoms with Crippen LogP contribution < -0.4 is 10.1 Å². The number of nitro groups is 1. The molecule has 0 radical (unpaired) electrons. The molecular formula is C18H13FN2O5. The second kappa shape index (κ2) is 7.47. The minimum absolute atomic E-state index is 0.172. The van der Waals surface area contributed by atoms with Gasteiger partial charge in [-0.1, -0.05) is 18.2 Å². The molecule has 0 fully saturated rings. The first-order chi connectivity index (χ1) is 12.5. The highest BCUT2D eigenvalue weighted by molar-refractivity contribution is 6.02. The van der Waals surface area contributed by atoms with E-state index in [4.69, 9.17) is 9.15 Å². The largest absolute Gasteiger partial charge is 0.489 e. The number of anilines is 1. The van der Waals surface area contributed by atoms with Crippen LogP contribution in [-0.4, -0.2) is 10.8 Å². The van der Waals surface area contributed by atoms with E-state index in [2.05, 4.69) is 5.32 Å². The maximum absolute atomic E-state index is 12.9. The molecule has 26 heavy (non-hydrogen) atoms. The lowest BCUT2D eigenvalue weighted by molar-refractivity contribution is -0.402. The Morgan fingerprint density at radius 3 is 2.62 bits per heavy atom. The molecule has 7 nitrogen and oxygen atoms in total. The van der Waals surface area contributed by atoms with Gasteiger partial charge in [-0.3, -0.25) is 14.9 Å². The predicted molar refractivity (Wildman–Crippen MR) is 90.5 cm³/mol. The van der Waals surface area contributed by atoms with E-state index in [1.165, 1.54) is 18.2 Å². The van der Waals surface area contributed by atoms with Gasteiger partial charge >= 0.3 is 5.88 Å². The van der Waals surface area contributed by atoms with E-state index in [9.17, 15) is 19.3 Å². The number of nitrogens with zero attached hydrogens (tertiary/aromatic N) is 1. The van der Waals surface area contributed by atoms with Crippen molar-refractivity contribution in [3.8, 4) is 5.75 Å². The Balaban J connectivity index is 1.63. The lowest BCUT2D eigenvalue weighted by Crippen LogP contribution is -2.10. The number of amides is 1. The minimum Gasteiger partial charge on any atom is -0.489 e. The second-order valence-corrected chi connectivity index (χ2v) is 5.29. The van der Waals surface area contributed by atoms with Crippen molar-refractivity contribution >= 4 is 17.5 Å². The predicted octanol–water partition coefficient (Wildman–Crippen LogP) is 4.16. The first-order valence-electron chi connectivity index (χ1n) is 7.54. The highest BCUT2D eigenvalue weighted by atomic mass is 19.1. The topological polar surface area (TPSA) is 94.6 Å². The number of rotatable bonds is 6. The fraction of sp³-hybridized carbons (Fsp3) is 0.0556. The Labute approximate surface area is 147 Å². The van der Waals surface area contributed by atoms with E-state index in [-0.39, 0.29) is 18.2 Å². The molecule has 1 N–H and O–H groups in total. The molecular weight excluding hydrogens is 343 g/mol. The summed E-state index contributed by atoms with van der Waals surface area (Å²) >= 11 is 0. The first kappa shape index (κ1) is 17.2. The third kappa shape index (κ3) is 4.23. The summed E-state index contributed by atoms with van der Waals surface area (Å²) < 4.78 is 23.3. The highest BCUT2D eigenvalue weighted by Gasteiger charge is 2.17. The van der Waals surface area contributed by atoms with Gasteiger partial charge in [-0.15, -0.1) is 0 Å². The van der Waals surface area contributed by atoms with Crippen molar-refractivity contribution in [3.05, 3.63) is 87.9 Å². The number of benzene rings is 2. The quantitative estimate of drug-likeness (QED) is 0.529. The second-order valence-electron chi connectivity index (χ2n) is 5.29. The van der Waals surface area contributed by atoms with E-state index < -0.39 is 16.7 Å². The number of hydrogen-bond acceptors (Lipinski definition) is 5. The van der Waals surface area contributed by atoms with Gasteiger partial charge in [-0.05, 0) is 35.9 Å². The first-order valence-corrected chi connectivity index (χ1v) is 7.54. The van der Waals surface area contributed by atoms with E-state index in [0.717, 1.165) is 11.6 Å². The van der Waals surface area contributed by atoms with E-state index in [0.29, 0.717) is 11.4 Å². The van der Waals surface area contributed by atoms with Crippen molar-refractivity contribution in [1.82, 2.24) is 0 Å². The number of nitrogens with one attached hydrogen (secondary N) is 1. The van der Waals surface area contributed by atoms with Crippen molar-refractivity contribution in [2.24, 2.45) is 0 Å². The molecule has 0 saturated heterocycles. The monoisotopic (exact) mass is 356 g/mol. The van der Waals surface area contributed by atoms with Gasteiger partial charge in [-0.2, -0.15) is 0 Å². The van der Waals surface area contributed by atoms with Gasteiger partial charge in [-0.25, -0.2) is 4.39 Å². The molecule has 3 aromatic rings. The van der Waals surface area contributed by atoms with Crippen LogP contribution in [0.1, 0.15) is 16.1 Å². The standard InChI is InChI=1S/C18H13FN2O5/c19-13-6-4-12(5-7-13)11-25-15-3-1-2-14(10-15)20-18(22)16-8-9-17(26-16)21(23)24/h1-10H,11H2,(H,20,22). The number of carbonyl (C=O) groups excluding carboxylic acids is 1. The Bertz CT molecular complexity index is 937. The summed E-state index contributed by atoms with van der Waals surface area (Å²) in [5, 5.41) is 13.2. The van der Waals surface area contributed by atoms with Gasteiger partial charge in [0, 0.05) is 11.8 Å². The molecule has 1 heterocycles. The van der Waals surface area contributed by atoms with Gasteiger partial charge in [0.15, 0.2) is 5.76 Å². The van der Waals surface area contributed by atoms with E-state index in [1.54, 1.807) is 36.4 Å². The van der Waals surface area contributed by atoms with E-state index >= 15 is 0 Å². The van der Waals surface area contributed by atoms with Crippen LogP contribution in [-0.2, 0) is 6.61 Å². The molecule has 0 atom stereocenters. The lowest BCUT2D eigenvalue weighted by Gasteiger charge is -2.09. The van der Waals surface area contributed by atoms with Crippen LogP contribution in [0, 0.1) is 15.9 Å². The summed E-state index contributed by atoms with van der Waals surface area (Å²) in [5.74, 6) is -1.12. The summed E-state index contributed by atoms with van der Waals surface area (Å²) in [4.78, 5) is 21.9. The fourth-order valence-electron chi connectivity index (χ4n) is 2.15. The number of halogens is 1. The van der Waals surface area contributed by atoms with Crippen molar-refractivity contribution < 1.29 is 23.3 Å². The van der Waals surface area contributed by atoms with Crippen LogP contribution in [0.4, 0.5) is 16.0 Å². The third-order valence-electron chi connectivity index (χ3n) is 3.41. The van der Waals surface area contributed by atoms with Crippen LogP contribution in [0.25, 0.3) is 0 Å².